The van der Waals surface area contributed by atoms with Crippen LogP contribution in [0.2, 0.25) is 5.02 Å². The number of halogens is 1. The van der Waals surface area contributed by atoms with E-state index in [1.54, 1.807) is 30.1 Å². The molecule has 1 N–H and O–H groups in total. The molecule has 0 unspecified atom stereocenters. The Balaban J connectivity index is 1.72. The second-order valence-electron chi connectivity index (χ2n) is 6.63. The number of rotatable bonds is 5. The first-order chi connectivity index (χ1) is 12.3. The van der Waals surface area contributed by atoms with Crippen LogP contribution in [-0.4, -0.2) is 60.8 Å². The molecular formula is C17H22ClN3O3S2. The van der Waals surface area contributed by atoms with Crippen LogP contribution in [0.1, 0.15) is 30.1 Å². The van der Waals surface area contributed by atoms with E-state index in [1.165, 1.54) is 11.8 Å². The van der Waals surface area contributed by atoms with Gasteiger partial charge in [0.15, 0.2) is 15.0 Å². The molecule has 1 aromatic carbocycles. The van der Waals surface area contributed by atoms with Crippen molar-refractivity contribution in [2.24, 2.45) is 4.99 Å². The van der Waals surface area contributed by atoms with Gasteiger partial charge in [0.05, 0.1) is 28.3 Å². The zero-order valence-corrected chi connectivity index (χ0v) is 17.1. The molecule has 142 valence electrons. The van der Waals surface area contributed by atoms with E-state index in [2.05, 4.69) is 17.2 Å². The quantitative estimate of drug-likeness (QED) is 0.799. The van der Waals surface area contributed by atoms with Crippen LogP contribution in [0.3, 0.4) is 0 Å². The number of nitrogens with zero attached hydrogens (tertiary/aromatic N) is 2. The van der Waals surface area contributed by atoms with Crippen molar-refractivity contribution in [2.45, 2.75) is 31.1 Å². The number of carbonyl (C=O) groups is 1. The van der Waals surface area contributed by atoms with E-state index in [-0.39, 0.29) is 28.7 Å². The Hall–Kier alpha value is -1.25. The largest absolute Gasteiger partial charge is 0.342 e. The predicted octanol–water partition coefficient (Wildman–Crippen LogP) is 2.89. The molecule has 2 heterocycles. The van der Waals surface area contributed by atoms with Gasteiger partial charge in [-0.2, -0.15) is 0 Å². The van der Waals surface area contributed by atoms with E-state index in [9.17, 15) is 13.2 Å². The number of carbonyl (C=O) groups excluding carboxylic acids is 1. The normalized spacial score (nSPS) is 23.4. The minimum absolute atomic E-state index is 0.0359. The van der Waals surface area contributed by atoms with Gasteiger partial charge in [-0.05, 0) is 24.6 Å². The van der Waals surface area contributed by atoms with Gasteiger partial charge >= 0.3 is 0 Å². The van der Waals surface area contributed by atoms with Gasteiger partial charge < -0.3 is 10.2 Å². The number of anilines is 1. The molecule has 1 amide bonds. The van der Waals surface area contributed by atoms with Crippen LogP contribution in [0.5, 0.6) is 0 Å². The first kappa shape index (κ1) is 19.5. The second-order valence-corrected chi connectivity index (χ2v) is 10.4. The van der Waals surface area contributed by atoms with Crippen molar-refractivity contribution in [3.05, 3.63) is 28.8 Å². The second kappa shape index (κ2) is 7.78. The zero-order valence-electron chi connectivity index (χ0n) is 14.7. The fraction of sp³-hybridized carbons (Fsp3) is 0.529. The maximum atomic E-state index is 12.5. The van der Waals surface area contributed by atoms with E-state index in [0.717, 1.165) is 12.8 Å². The number of sulfone groups is 1. The SMILES string of the molecule is CCCCN(C)C(=O)c1ccc(Cl)c(NC2=N[C@@H]3CS(=O)(=O)C[C@H]3S2)c1. The summed E-state index contributed by atoms with van der Waals surface area (Å²) < 4.78 is 23.3. The van der Waals surface area contributed by atoms with E-state index >= 15 is 0 Å². The number of hydrogen-bond donors (Lipinski definition) is 1. The third-order valence-corrected chi connectivity index (χ3v) is 7.94. The maximum Gasteiger partial charge on any atom is 0.253 e. The lowest BCUT2D eigenvalue weighted by molar-refractivity contribution is 0.0793. The Morgan fingerprint density at radius 1 is 1.42 bits per heavy atom. The third kappa shape index (κ3) is 4.35. The summed E-state index contributed by atoms with van der Waals surface area (Å²) in [6.45, 7) is 2.80. The molecule has 0 saturated carbocycles. The van der Waals surface area contributed by atoms with Crippen molar-refractivity contribution >= 4 is 50.0 Å². The number of thioether (sulfide) groups is 1. The van der Waals surface area contributed by atoms with E-state index in [4.69, 9.17) is 11.6 Å². The van der Waals surface area contributed by atoms with Crippen molar-refractivity contribution < 1.29 is 13.2 Å². The summed E-state index contributed by atoms with van der Waals surface area (Å²) in [5.74, 6) is 0.206. The smallest absolute Gasteiger partial charge is 0.253 e. The zero-order chi connectivity index (χ0) is 18.9. The molecule has 1 fully saturated rings. The standard InChI is InChI=1S/C17H22ClN3O3S2/c1-3-4-7-21(2)16(22)11-5-6-12(18)13(8-11)19-17-20-14-9-26(23,24)10-15(14)25-17/h5-6,8,14-15H,3-4,7,9-10H2,1-2H3,(H,19,20)/t14-,15-/m1/s1. The number of unbranched alkanes of at least 4 members (excludes halogenated alkanes) is 1. The summed E-state index contributed by atoms with van der Waals surface area (Å²) >= 11 is 7.69. The maximum absolute atomic E-state index is 12.5. The molecule has 1 saturated heterocycles. The number of nitrogens with one attached hydrogen (secondary N) is 1. The Labute approximate surface area is 163 Å². The third-order valence-electron chi connectivity index (χ3n) is 4.47. The monoisotopic (exact) mass is 415 g/mol. The highest BCUT2D eigenvalue weighted by atomic mass is 35.5. The van der Waals surface area contributed by atoms with Gasteiger partial charge in [0.25, 0.3) is 5.91 Å². The Kier molecular flexibility index (Phi) is 5.84. The van der Waals surface area contributed by atoms with Gasteiger partial charge in [-0.15, -0.1) is 0 Å². The first-order valence-electron chi connectivity index (χ1n) is 8.56. The molecule has 6 nitrogen and oxygen atoms in total. The van der Waals surface area contributed by atoms with Crippen LogP contribution in [0.4, 0.5) is 5.69 Å². The molecule has 1 aromatic rings. The van der Waals surface area contributed by atoms with Crippen molar-refractivity contribution in [1.82, 2.24) is 4.90 Å². The number of aliphatic imine (C=N–C) groups is 1. The average molecular weight is 416 g/mol. The van der Waals surface area contributed by atoms with E-state index in [0.29, 0.717) is 28.0 Å². The van der Waals surface area contributed by atoms with Gasteiger partial charge in [-0.1, -0.05) is 36.7 Å². The molecular weight excluding hydrogens is 394 g/mol. The molecule has 2 aliphatic rings. The van der Waals surface area contributed by atoms with Gasteiger partial charge in [-0.25, -0.2) is 8.42 Å². The van der Waals surface area contributed by atoms with E-state index in [1.807, 2.05) is 0 Å². The lowest BCUT2D eigenvalue weighted by Gasteiger charge is -2.18. The summed E-state index contributed by atoms with van der Waals surface area (Å²) in [6.07, 6.45) is 1.99. The fourth-order valence-electron chi connectivity index (χ4n) is 3.00. The molecule has 26 heavy (non-hydrogen) atoms. The van der Waals surface area contributed by atoms with E-state index < -0.39 is 9.84 Å². The van der Waals surface area contributed by atoms with Gasteiger partial charge in [0.2, 0.25) is 0 Å². The highest BCUT2D eigenvalue weighted by molar-refractivity contribution is 8.15. The summed E-state index contributed by atoms with van der Waals surface area (Å²) in [6, 6.07) is 4.93. The Morgan fingerprint density at radius 3 is 2.88 bits per heavy atom. The van der Waals surface area contributed by atoms with Gasteiger partial charge in [0, 0.05) is 24.4 Å². The summed E-state index contributed by atoms with van der Waals surface area (Å²) in [5, 5.41) is 4.27. The lowest BCUT2D eigenvalue weighted by atomic mass is 10.1. The van der Waals surface area contributed by atoms with Gasteiger partial charge in [0.1, 0.15) is 0 Å². The van der Waals surface area contributed by atoms with Crippen molar-refractivity contribution in [1.29, 1.82) is 0 Å². The number of hydrogen-bond acceptors (Lipinski definition) is 6. The summed E-state index contributed by atoms with van der Waals surface area (Å²) in [4.78, 5) is 18.7. The predicted molar refractivity (Wildman–Crippen MR) is 108 cm³/mol. The number of benzene rings is 1. The molecule has 9 heteroatoms. The van der Waals surface area contributed by atoms with Crippen LogP contribution in [0.25, 0.3) is 0 Å². The Morgan fingerprint density at radius 2 is 2.19 bits per heavy atom. The molecule has 0 bridgehead atoms. The molecule has 0 spiro atoms. The highest BCUT2D eigenvalue weighted by Crippen LogP contribution is 2.35. The Bertz CT molecular complexity index is 842. The lowest BCUT2D eigenvalue weighted by Crippen LogP contribution is -2.27. The molecule has 2 atom stereocenters. The number of fused-ring (bicyclic) bond motifs is 1. The van der Waals surface area contributed by atoms with Crippen LogP contribution in [0, 0.1) is 0 Å². The first-order valence-corrected chi connectivity index (χ1v) is 11.6. The molecule has 3 rings (SSSR count). The highest BCUT2D eigenvalue weighted by Gasteiger charge is 2.42. The number of amidine groups is 1. The van der Waals surface area contributed by atoms with Crippen molar-refractivity contribution in [2.75, 3.05) is 30.4 Å². The molecule has 0 aliphatic carbocycles. The summed E-state index contributed by atoms with van der Waals surface area (Å²) in [5.41, 5.74) is 1.16. The van der Waals surface area contributed by atoms with Crippen LogP contribution in [-0.2, 0) is 9.84 Å². The topological polar surface area (TPSA) is 78.8 Å². The van der Waals surface area contributed by atoms with Crippen molar-refractivity contribution in [3.8, 4) is 0 Å². The number of amides is 1. The van der Waals surface area contributed by atoms with Gasteiger partial charge in [-0.3, -0.25) is 9.79 Å². The van der Waals surface area contributed by atoms with Crippen LogP contribution < -0.4 is 5.32 Å². The fourth-order valence-corrected chi connectivity index (χ4v) is 6.84. The van der Waals surface area contributed by atoms with Crippen LogP contribution in [0.15, 0.2) is 23.2 Å². The molecule has 0 aromatic heterocycles. The summed E-state index contributed by atoms with van der Waals surface area (Å²) in [7, 11) is -1.19. The molecule has 0 radical (unpaired) electrons. The molecule has 2 aliphatic heterocycles. The minimum Gasteiger partial charge on any atom is -0.342 e. The van der Waals surface area contributed by atoms with Crippen molar-refractivity contribution in [3.63, 3.8) is 0 Å². The van der Waals surface area contributed by atoms with Crippen LogP contribution >= 0.6 is 23.4 Å². The minimum atomic E-state index is -2.98. The average Bonchev–Trinajstić information content (AvgIpc) is 3.06.